The molecule has 0 aromatic carbocycles. The van der Waals surface area contributed by atoms with Crippen molar-refractivity contribution in [3.05, 3.63) is 12.7 Å². The van der Waals surface area contributed by atoms with Crippen molar-refractivity contribution in [2.75, 3.05) is 5.75 Å². The molecule has 4 bridgehead atoms. The third-order valence-electron chi connectivity index (χ3n) is 6.94. The minimum absolute atomic E-state index is 0.886. The average Bonchev–Trinajstić information content (AvgIpc) is 3.15. The normalized spacial score (nSPS) is 53.7. The zero-order valence-electron chi connectivity index (χ0n) is 12.3. The molecule has 4 saturated carbocycles. The van der Waals surface area contributed by atoms with Crippen LogP contribution in [-0.4, -0.2) is 11.0 Å². The van der Waals surface area contributed by atoms with Gasteiger partial charge >= 0.3 is 0 Å². The minimum Gasteiger partial charge on any atom is -0.158 e. The van der Waals surface area contributed by atoms with Crippen LogP contribution in [0.1, 0.15) is 45.4 Å². The second-order valence-electron chi connectivity index (χ2n) is 7.61. The highest BCUT2D eigenvalue weighted by Crippen LogP contribution is 2.70. The molecule has 0 spiro atoms. The predicted molar refractivity (Wildman–Crippen MR) is 84.2 cm³/mol. The summed E-state index contributed by atoms with van der Waals surface area (Å²) in [7, 11) is 0. The molecule has 0 saturated heterocycles. The maximum Gasteiger partial charge on any atom is 0.00810 e. The van der Waals surface area contributed by atoms with Crippen LogP contribution in [0, 0.1) is 41.4 Å². The highest BCUT2D eigenvalue weighted by atomic mass is 32.2. The second-order valence-corrected chi connectivity index (χ2v) is 8.95. The molecule has 0 radical (unpaired) electrons. The first-order valence-electron chi connectivity index (χ1n) is 8.57. The van der Waals surface area contributed by atoms with Crippen molar-refractivity contribution in [2.45, 2.75) is 50.7 Å². The summed E-state index contributed by atoms with van der Waals surface area (Å²) in [5.41, 5.74) is 0. The zero-order chi connectivity index (χ0) is 13.0. The highest BCUT2D eigenvalue weighted by molar-refractivity contribution is 7.99. The van der Waals surface area contributed by atoms with E-state index in [2.05, 4.69) is 31.3 Å². The van der Waals surface area contributed by atoms with Gasteiger partial charge in [-0.15, -0.1) is 6.58 Å². The topological polar surface area (TPSA) is 0 Å². The summed E-state index contributed by atoms with van der Waals surface area (Å²) in [6, 6.07) is 0. The largest absolute Gasteiger partial charge is 0.158 e. The fourth-order valence-electron chi connectivity index (χ4n) is 6.43. The van der Waals surface area contributed by atoms with Gasteiger partial charge < -0.3 is 0 Å². The Labute approximate surface area is 122 Å². The maximum atomic E-state index is 4.10. The van der Waals surface area contributed by atoms with Crippen molar-refractivity contribution in [1.82, 2.24) is 0 Å². The van der Waals surface area contributed by atoms with Gasteiger partial charge in [-0.1, -0.05) is 19.4 Å². The quantitative estimate of drug-likeness (QED) is 0.387. The third kappa shape index (κ3) is 1.79. The fraction of sp³-hybridized carbons (Fsp3) is 0.889. The van der Waals surface area contributed by atoms with Gasteiger partial charge in [0.15, 0.2) is 0 Å². The van der Waals surface area contributed by atoms with Crippen molar-refractivity contribution < 1.29 is 0 Å². The van der Waals surface area contributed by atoms with Crippen LogP contribution in [0.4, 0.5) is 0 Å². The van der Waals surface area contributed by atoms with E-state index >= 15 is 0 Å². The molecule has 1 heteroatoms. The van der Waals surface area contributed by atoms with Gasteiger partial charge in [-0.05, 0) is 79.3 Å². The minimum atomic E-state index is 0.886. The van der Waals surface area contributed by atoms with Gasteiger partial charge in [0.2, 0.25) is 0 Å². The molecule has 19 heavy (non-hydrogen) atoms. The van der Waals surface area contributed by atoms with Gasteiger partial charge in [0.1, 0.15) is 0 Å². The lowest BCUT2D eigenvalue weighted by Gasteiger charge is -2.40. The molecule has 0 aromatic heterocycles. The molecule has 4 aliphatic rings. The summed E-state index contributed by atoms with van der Waals surface area (Å²) >= 11 is 2.33. The zero-order valence-corrected chi connectivity index (χ0v) is 13.1. The highest BCUT2D eigenvalue weighted by Gasteiger charge is 2.63. The first kappa shape index (κ1) is 12.8. The van der Waals surface area contributed by atoms with Crippen LogP contribution < -0.4 is 0 Å². The molecular weight excluding hydrogens is 248 g/mol. The summed E-state index contributed by atoms with van der Waals surface area (Å²) in [6.45, 7) is 6.42. The van der Waals surface area contributed by atoms with Crippen molar-refractivity contribution >= 4 is 11.8 Å². The van der Waals surface area contributed by atoms with Crippen LogP contribution in [-0.2, 0) is 0 Å². The standard InChI is InChI=1S/C18H28S/c1-3-5-6-19-16-10-13-9-15(16)18-12-7-11(4-2)14(8-12)17(13)18/h4,11-18H,2-3,5-10H2,1H3/t11-,12?,13?,14-,15+,16-,17?,18?/m1/s1. The van der Waals surface area contributed by atoms with E-state index in [0.717, 1.165) is 46.7 Å². The Kier molecular flexibility index (Phi) is 3.25. The molecule has 0 N–H and O–H groups in total. The molecule has 4 unspecified atom stereocenters. The van der Waals surface area contributed by atoms with Gasteiger partial charge in [-0.25, -0.2) is 0 Å². The number of rotatable bonds is 5. The van der Waals surface area contributed by atoms with E-state index in [-0.39, 0.29) is 0 Å². The van der Waals surface area contributed by atoms with E-state index < -0.39 is 0 Å². The number of thioether (sulfide) groups is 1. The van der Waals surface area contributed by atoms with E-state index in [1.165, 1.54) is 25.0 Å². The molecular formula is C18H28S. The number of fused-ring (bicyclic) bond motifs is 9. The molecule has 0 aliphatic heterocycles. The second kappa shape index (κ2) is 4.83. The Bertz CT molecular complexity index is 363. The molecule has 4 rings (SSSR count). The van der Waals surface area contributed by atoms with Gasteiger partial charge in [0.05, 0.1) is 0 Å². The molecule has 4 aliphatic carbocycles. The Morgan fingerprint density at radius 1 is 1.05 bits per heavy atom. The lowest BCUT2D eigenvalue weighted by atomic mass is 9.67. The first-order chi connectivity index (χ1) is 9.33. The number of hydrogen-bond donors (Lipinski definition) is 0. The van der Waals surface area contributed by atoms with Crippen molar-refractivity contribution in [3.8, 4) is 0 Å². The lowest BCUT2D eigenvalue weighted by molar-refractivity contribution is 0.125. The van der Waals surface area contributed by atoms with Gasteiger partial charge in [-0.3, -0.25) is 0 Å². The smallest absolute Gasteiger partial charge is 0.00810 e. The molecule has 0 amide bonds. The van der Waals surface area contributed by atoms with Crippen molar-refractivity contribution in [3.63, 3.8) is 0 Å². The average molecular weight is 276 g/mol. The van der Waals surface area contributed by atoms with Crippen LogP contribution in [0.5, 0.6) is 0 Å². The van der Waals surface area contributed by atoms with Crippen LogP contribution >= 0.6 is 11.8 Å². The summed E-state index contributed by atoms with van der Waals surface area (Å²) < 4.78 is 0. The summed E-state index contributed by atoms with van der Waals surface area (Å²) in [6.07, 6.45) is 11.3. The molecule has 0 nitrogen and oxygen atoms in total. The third-order valence-corrected chi connectivity index (χ3v) is 8.44. The molecule has 0 heterocycles. The van der Waals surface area contributed by atoms with Crippen LogP contribution in [0.3, 0.4) is 0 Å². The summed E-state index contributed by atoms with van der Waals surface area (Å²) in [5.74, 6) is 8.91. The van der Waals surface area contributed by atoms with E-state index in [1.807, 2.05) is 0 Å². The summed E-state index contributed by atoms with van der Waals surface area (Å²) in [4.78, 5) is 0. The fourth-order valence-corrected chi connectivity index (χ4v) is 8.11. The van der Waals surface area contributed by atoms with Crippen LogP contribution in [0.25, 0.3) is 0 Å². The van der Waals surface area contributed by atoms with Gasteiger partial charge in [-0.2, -0.15) is 11.8 Å². The van der Waals surface area contributed by atoms with Crippen LogP contribution in [0.15, 0.2) is 12.7 Å². The molecule has 8 atom stereocenters. The molecule has 4 fully saturated rings. The van der Waals surface area contributed by atoms with E-state index in [4.69, 9.17) is 0 Å². The number of allylic oxidation sites excluding steroid dienone is 1. The van der Waals surface area contributed by atoms with E-state index in [0.29, 0.717) is 0 Å². The Balaban J connectivity index is 1.45. The Hall–Kier alpha value is 0.0900. The molecule has 106 valence electrons. The van der Waals surface area contributed by atoms with Gasteiger partial charge in [0, 0.05) is 5.25 Å². The number of unbranched alkanes of at least 4 members (excludes halogenated alkanes) is 1. The summed E-state index contributed by atoms with van der Waals surface area (Å²) in [5, 5.41) is 1.04. The van der Waals surface area contributed by atoms with E-state index in [1.54, 1.807) is 19.3 Å². The lowest BCUT2D eigenvalue weighted by Crippen LogP contribution is -2.36. The van der Waals surface area contributed by atoms with Crippen molar-refractivity contribution in [2.24, 2.45) is 41.4 Å². The van der Waals surface area contributed by atoms with Crippen molar-refractivity contribution in [1.29, 1.82) is 0 Å². The van der Waals surface area contributed by atoms with Gasteiger partial charge in [0.25, 0.3) is 0 Å². The monoisotopic (exact) mass is 276 g/mol. The number of hydrogen-bond acceptors (Lipinski definition) is 1. The van der Waals surface area contributed by atoms with Crippen LogP contribution in [0.2, 0.25) is 0 Å². The first-order valence-corrected chi connectivity index (χ1v) is 9.62. The molecule has 0 aromatic rings. The Morgan fingerprint density at radius 3 is 2.58 bits per heavy atom. The maximum absolute atomic E-state index is 4.10. The Morgan fingerprint density at radius 2 is 1.79 bits per heavy atom. The predicted octanol–water partition coefficient (Wildman–Crippen LogP) is 5.00. The van der Waals surface area contributed by atoms with E-state index in [9.17, 15) is 0 Å². The SMILES string of the molecule is C=C[C@@H]1CC2C[C@H]1C1C3C[C@H](C21)[C@H](SCCCC)C3.